The number of methoxy groups -OCH3 is 1. The molecule has 2 N–H and O–H groups in total. The fraction of sp³-hybridized carbons (Fsp3) is 0.235. The van der Waals surface area contributed by atoms with Crippen LogP contribution in [0.1, 0.15) is 24.2 Å². The van der Waals surface area contributed by atoms with E-state index in [2.05, 4.69) is 10.6 Å². The molecule has 0 saturated carbocycles. The summed E-state index contributed by atoms with van der Waals surface area (Å²) in [6.45, 7) is 3.89. The van der Waals surface area contributed by atoms with Gasteiger partial charge in [0.05, 0.1) is 36.7 Å². The SMILES string of the molecule is C/C=C/C(=O)Nc1cc(C(=O)OC)c(N/C=C\C#N)cc1OCC. The minimum atomic E-state index is -0.590. The van der Waals surface area contributed by atoms with Crippen molar-refractivity contribution >= 4 is 23.3 Å². The van der Waals surface area contributed by atoms with Gasteiger partial charge >= 0.3 is 5.97 Å². The quantitative estimate of drug-likeness (QED) is 0.453. The molecule has 7 nitrogen and oxygen atoms in total. The smallest absolute Gasteiger partial charge is 0.340 e. The number of carbonyl (C=O) groups excluding carboxylic acids is 2. The van der Waals surface area contributed by atoms with Crippen LogP contribution in [0, 0.1) is 11.3 Å². The minimum Gasteiger partial charge on any atom is -0.492 e. The van der Waals surface area contributed by atoms with Gasteiger partial charge in [-0.1, -0.05) is 6.08 Å². The number of ether oxygens (including phenoxy) is 2. The van der Waals surface area contributed by atoms with Crippen LogP contribution in [-0.4, -0.2) is 25.6 Å². The third-order valence-electron chi connectivity index (χ3n) is 2.80. The van der Waals surface area contributed by atoms with Crippen LogP contribution >= 0.6 is 0 Å². The first-order chi connectivity index (χ1) is 11.6. The van der Waals surface area contributed by atoms with Crippen molar-refractivity contribution < 1.29 is 19.1 Å². The van der Waals surface area contributed by atoms with E-state index in [9.17, 15) is 9.59 Å². The molecule has 1 rings (SSSR count). The first-order valence-electron chi connectivity index (χ1n) is 7.21. The molecule has 1 amide bonds. The lowest BCUT2D eigenvalue weighted by Crippen LogP contribution is -2.12. The highest BCUT2D eigenvalue weighted by Crippen LogP contribution is 2.32. The van der Waals surface area contributed by atoms with Crippen molar-refractivity contribution in [3.63, 3.8) is 0 Å². The van der Waals surface area contributed by atoms with Crippen molar-refractivity contribution in [2.75, 3.05) is 24.4 Å². The fourth-order valence-corrected chi connectivity index (χ4v) is 1.85. The highest BCUT2D eigenvalue weighted by molar-refractivity contribution is 6.03. The monoisotopic (exact) mass is 329 g/mol. The number of hydrogen-bond donors (Lipinski definition) is 2. The first-order valence-corrected chi connectivity index (χ1v) is 7.21. The Kier molecular flexibility index (Phi) is 7.58. The molecule has 0 saturated heterocycles. The van der Waals surface area contributed by atoms with Gasteiger partial charge < -0.3 is 20.1 Å². The van der Waals surface area contributed by atoms with Crippen LogP contribution in [0.5, 0.6) is 5.75 Å². The van der Waals surface area contributed by atoms with Gasteiger partial charge in [-0.15, -0.1) is 0 Å². The summed E-state index contributed by atoms with van der Waals surface area (Å²) in [5.41, 5.74) is 0.926. The average Bonchev–Trinajstić information content (AvgIpc) is 2.56. The summed E-state index contributed by atoms with van der Waals surface area (Å²) in [5.74, 6) is -0.553. The van der Waals surface area contributed by atoms with Gasteiger partial charge in [0.15, 0.2) is 0 Å². The number of nitriles is 1. The maximum atomic E-state index is 12.0. The number of esters is 1. The predicted octanol–water partition coefficient (Wildman–Crippen LogP) is 2.84. The summed E-state index contributed by atoms with van der Waals surface area (Å²) in [5, 5.41) is 14.0. The average molecular weight is 329 g/mol. The first kappa shape index (κ1) is 18.8. The molecule has 0 fully saturated rings. The maximum absolute atomic E-state index is 12.0. The molecule has 0 aliphatic heterocycles. The number of hydrogen-bond acceptors (Lipinski definition) is 6. The van der Waals surface area contributed by atoms with E-state index >= 15 is 0 Å². The van der Waals surface area contributed by atoms with Gasteiger partial charge in [-0.2, -0.15) is 5.26 Å². The van der Waals surface area contributed by atoms with Gasteiger partial charge in [0.25, 0.3) is 0 Å². The van der Waals surface area contributed by atoms with Crippen molar-refractivity contribution in [3.8, 4) is 11.8 Å². The van der Waals surface area contributed by atoms with Crippen molar-refractivity contribution in [1.82, 2.24) is 0 Å². The molecular weight excluding hydrogens is 310 g/mol. The number of carbonyl (C=O) groups is 2. The standard InChI is InChI=1S/C17H19N3O4/c1-4-7-16(21)20-14-10-12(17(22)23-3)13(19-9-6-8-18)11-15(14)24-5-2/h4,6-7,9-11,19H,5H2,1-3H3,(H,20,21)/b7-4+,9-6-. The molecule has 0 aromatic heterocycles. The van der Waals surface area contributed by atoms with Crippen molar-refractivity contribution in [2.24, 2.45) is 0 Å². The zero-order valence-electron chi connectivity index (χ0n) is 13.8. The summed E-state index contributed by atoms with van der Waals surface area (Å²) in [6, 6.07) is 4.85. The van der Waals surface area contributed by atoms with E-state index < -0.39 is 5.97 Å². The highest BCUT2D eigenvalue weighted by Gasteiger charge is 2.17. The molecule has 24 heavy (non-hydrogen) atoms. The van der Waals surface area contributed by atoms with Crippen LogP contribution in [0.2, 0.25) is 0 Å². The van der Waals surface area contributed by atoms with Crippen LogP contribution in [0.15, 0.2) is 36.6 Å². The molecule has 7 heteroatoms. The van der Waals surface area contributed by atoms with E-state index in [1.165, 1.54) is 31.5 Å². The fourth-order valence-electron chi connectivity index (χ4n) is 1.85. The van der Waals surface area contributed by atoms with E-state index in [4.69, 9.17) is 14.7 Å². The van der Waals surface area contributed by atoms with Gasteiger partial charge in [-0.25, -0.2) is 4.79 Å². The Morgan fingerprint density at radius 2 is 2.08 bits per heavy atom. The number of nitrogens with one attached hydrogen (secondary N) is 2. The molecule has 0 heterocycles. The van der Waals surface area contributed by atoms with Crippen molar-refractivity contribution in [3.05, 3.63) is 42.1 Å². The molecule has 0 radical (unpaired) electrons. The second kappa shape index (κ2) is 9.69. The Balaban J connectivity index is 3.36. The van der Waals surface area contributed by atoms with Crippen LogP contribution < -0.4 is 15.4 Å². The highest BCUT2D eigenvalue weighted by atomic mass is 16.5. The lowest BCUT2D eigenvalue weighted by molar-refractivity contribution is -0.111. The van der Waals surface area contributed by atoms with Crippen LogP contribution in [-0.2, 0) is 9.53 Å². The normalized spacial score (nSPS) is 10.4. The van der Waals surface area contributed by atoms with Crippen molar-refractivity contribution in [2.45, 2.75) is 13.8 Å². The number of allylic oxidation sites excluding steroid dienone is 2. The number of rotatable bonds is 7. The minimum absolute atomic E-state index is 0.194. The second-order valence-electron chi connectivity index (χ2n) is 4.41. The van der Waals surface area contributed by atoms with Crippen molar-refractivity contribution in [1.29, 1.82) is 5.26 Å². The molecule has 0 aliphatic carbocycles. The molecule has 0 spiro atoms. The lowest BCUT2D eigenvalue weighted by atomic mass is 10.1. The summed E-state index contributed by atoms with van der Waals surface area (Å²) in [6.07, 6.45) is 5.56. The Labute approximate surface area is 140 Å². The molecule has 126 valence electrons. The van der Waals surface area contributed by atoms with Gasteiger partial charge in [-0.05, 0) is 26.0 Å². The molecule has 1 aromatic rings. The van der Waals surface area contributed by atoms with Gasteiger partial charge in [0.1, 0.15) is 5.75 Å². The number of anilines is 2. The maximum Gasteiger partial charge on any atom is 0.340 e. The summed E-state index contributed by atoms with van der Waals surface area (Å²) < 4.78 is 10.3. The number of amides is 1. The molecule has 0 bridgehead atoms. The summed E-state index contributed by atoms with van der Waals surface area (Å²) >= 11 is 0. The van der Waals surface area contributed by atoms with Gasteiger partial charge in [-0.3, -0.25) is 4.79 Å². The Bertz CT molecular complexity index is 703. The van der Waals surface area contributed by atoms with Crippen LogP contribution in [0.4, 0.5) is 11.4 Å². The molecule has 1 aromatic carbocycles. The summed E-state index contributed by atoms with van der Waals surface area (Å²) in [4.78, 5) is 23.8. The van der Waals surface area contributed by atoms with E-state index in [1.54, 1.807) is 26.0 Å². The van der Waals surface area contributed by atoms with Crippen LogP contribution in [0.25, 0.3) is 0 Å². The second-order valence-corrected chi connectivity index (χ2v) is 4.41. The van der Waals surface area contributed by atoms with E-state index in [-0.39, 0.29) is 11.5 Å². The third-order valence-corrected chi connectivity index (χ3v) is 2.80. The van der Waals surface area contributed by atoms with E-state index in [0.29, 0.717) is 23.7 Å². The Morgan fingerprint density at radius 1 is 1.33 bits per heavy atom. The van der Waals surface area contributed by atoms with Gasteiger partial charge in [0.2, 0.25) is 5.91 Å². The predicted molar refractivity (Wildman–Crippen MR) is 90.8 cm³/mol. The van der Waals surface area contributed by atoms with Gasteiger partial charge in [0, 0.05) is 18.3 Å². The largest absolute Gasteiger partial charge is 0.492 e. The molecule has 0 atom stereocenters. The molecule has 0 unspecified atom stereocenters. The third kappa shape index (κ3) is 5.18. The number of benzene rings is 1. The lowest BCUT2D eigenvalue weighted by Gasteiger charge is -2.15. The molecular formula is C17H19N3O4. The zero-order valence-corrected chi connectivity index (χ0v) is 13.8. The molecule has 0 aliphatic rings. The van der Waals surface area contributed by atoms with Crippen LogP contribution in [0.3, 0.4) is 0 Å². The number of nitrogens with zero attached hydrogens (tertiary/aromatic N) is 1. The summed E-state index contributed by atoms with van der Waals surface area (Å²) in [7, 11) is 1.26. The topological polar surface area (TPSA) is 100 Å². The van der Waals surface area contributed by atoms with E-state index in [1.807, 2.05) is 6.07 Å². The Morgan fingerprint density at radius 3 is 2.67 bits per heavy atom. The zero-order chi connectivity index (χ0) is 17.9. The Hall–Kier alpha value is -3.27. The van der Waals surface area contributed by atoms with E-state index in [0.717, 1.165) is 0 Å².